The maximum absolute atomic E-state index is 14.4. The third-order valence-corrected chi connectivity index (χ3v) is 10.6. The number of pyridine rings is 1. The van der Waals surface area contributed by atoms with E-state index in [9.17, 15) is 18.0 Å². The topological polar surface area (TPSA) is 89.7 Å². The maximum Gasteiger partial charge on any atom is 0.408 e. The second kappa shape index (κ2) is 9.32. The molecule has 11 heteroatoms. The van der Waals surface area contributed by atoms with Gasteiger partial charge in [0.15, 0.2) is 8.32 Å². The second-order valence-electron chi connectivity index (χ2n) is 11.1. The number of alkyl carbamates (subject to hydrolysis) is 1. The molecule has 0 aromatic carbocycles. The van der Waals surface area contributed by atoms with E-state index in [-0.39, 0.29) is 23.8 Å². The third kappa shape index (κ3) is 6.99. The number of nitrogen functional groups attached to an aromatic ring is 1. The normalized spacial score (nSPS) is 22.8. The Bertz CT molecular complexity index is 837. The van der Waals surface area contributed by atoms with Crippen molar-refractivity contribution in [3.05, 3.63) is 18.5 Å². The lowest BCUT2D eigenvalue weighted by Gasteiger charge is -2.49. The summed E-state index contributed by atoms with van der Waals surface area (Å²) in [5.74, 6) is -1.84. The molecule has 3 atom stereocenters. The summed E-state index contributed by atoms with van der Waals surface area (Å²) >= 11 is 0. The van der Waals surface area contributed by atoms with Gasteiger partial charge >= 0.3 is 12.3 Å². The van der Waals surface area contributed by atoms with Crippen LogP contribution in [0.15, 0.2) is 18.5 Å². The summed E-state index contributed by atoms with van der Waals surface area (Å²) in [6.07, 6.45) is -3.74. The lowest BCUT2D eigenvalue weighted by Crippen LogP contribution is -2.65. The van der Waals surface area contributed by atoms with Gasteiger partial charge in [-0.15, -0.1) is 0 Å². The highest BCUT2D eigenvalue weighted by Crippen LogP contribution is 2.43. The van der Waals surface area contributed by atoms with Crippen molar-refractivity contribution < 1.29 is 27.1 Å². The first kappa shape index (κ1) is 27.2. The fourth-order valence-electron chi connectivity index (χ4n) is 3.48. The van der Waals surface area contributed by atoms with Crippen LogP contribution in [0.4, 0.5) is 29.3 Å². The number of carbonyl (C=O) groups excluding carboxylic acids is 1. The van der Waals surface area contributed by atoms with E-state index < -0.39 is 44.3 Å². The van der Waals surface area contributed by atoms with Crippen LogP contribution in [0, 0.1) is 5.92 Å². The number of carbonyl (C=O) groups is 1. The molecule has 1 fully saturated rings. The van der Waals surface area contributed by atoms with E-state index in [1.807, 2.05) is 33.9 Å². The zero-order valence-electron chi connectivity index (χ0n) is 20.7. The smallest absolute Gasteiger partial charge is 0.408 e. The summed E-state index contributed by atoms with van der Waals surface area (Å²) < 4.78 is 54.7. The zero-order valence-corrected chi connectivity index (χ0v) is 21.7. The van der Waals surface area contributed by atoms with Gasteiger partial charge in [-0.25, -0.2) is 4.79 Å². The van der Waals surface area contributed by atoms with Crippen molar-refractivity contribution in [2.45, 2.75) is 83.6 Å². The molecule has 1 amide bonds. The van der Waals surface area contributed by atoms with Crippen LogP contribution in [0.1, 0.15) is 41.5 Å². The number of hydrogen-bond acceptors (Lipinski definition) is 6. The number of anilines is 2. The molecule has 0 saturated carbocycles. The summed E-state index contributed by atoms with van der Waals surface area (Å²) in [4.78, 5) is 18.0. The monoisotopic (exact) mass is 490 g/mol. The van der Waals surface area contributed by atoms with E-state index in [1.54, 1.807) is 26.8 Å². The van der Waals surface area contributed by atoms with Gasteiger partial charge in [0.1, 0.15) is 5.60 Å². The summed E-state index contributed by atoms with van der Waals surface area (Å²) in [6.45, 7) is 14.5. The average Bonchev–Trinajstić information content (AvgIpc) is 2.59. The van der Waals surface area contributed by atoms with Crippen molar-refractivity contribution >= 4 is 25.8 Å². The molecule has 7 nitrogen and oxygen atoms in total. The van der Waals surface area contributed by atoms with Gasteiger partial charge in [-0.1, -0.05) is 20.8 Å². The number of piperidine rings is 1. The first-order valence-electron chi connectivity index (χ1n) is 11.0. The highest BCUT2D eigenvalue weighted by molar-refractivity contribution is 6.74. The molecule has 1 saturated heterocycles. The quantitative estimate of drug-likeness (QED) is 0.581. The molecular formula is C22H37F3N4O3Si. The summed E-state index contributed by atoms with van der Waals surface area (Å²) in [7, 11) is -2.61. The number of aromatic nitrogens is 1. The first-order valence-corrected chi connectivity index (χ1v) is 13.9. The molecular weight excluding hydrogens is 453 g/mol. The molecule has 0 unspecified atom stereocenters. The Hall–Kier alpha value is -2.01. The molecule has 1 aromatic heterocycles. The van der Waals surface area contributed by atoms with Crippen LogP contribution in [0.3, 0.4) is 0 Å². The number of nitrogens with zero attached hydrogens (tertiary/aromatic N) is 2. The van der Waals surface area contributed by atoms with Gasteiger partial charge in [0.05, 0.1) is 35.6 Å². The Balaban J connectivity index is 2.49. The van der Waals surface area contributed by atoms with Crippen LogP contribution >= 0.6 is 0 Å². The molecule has 0 bridgehead atoms. The third-order valence-electron chi connectivity index (χ3n) is 6.16. The van der Waals surface area contributed by atoms with Crippen molar-refractivity contribution in [2.24, 2.45) is 5.92 Å². The number of ether oxygens (including phenoxy) is 1. The number of halogens is 3. The van der Waals surface area contributed by atoms with Crippen molar-refractivity contribution in [3.8, 4) is 0 Å². The van der Waals surface area contributed by atoms with Crippen LogP contribution in [-0.2, 0) is 9.16 Å². The molecule has 2 heterocycles. The Morgan fingerprint density at radius 2 is 1.79 bits per heavy atom. The lowest BCUT2D eigenvalue weighted by molar-refractivity contribution is -0.201. The Morgan fingerprint density at radius 1 is 1.18 bits per heavy atom. The molecule has 3 N–H and O–H groups in total. The minimum atomic E-state index is -4.55. The molecule has 1 aromatic rings. The van der Waals surface area contributed by atoms with E-state index in [4.69, 9.17) is 14.9 Å². The lowest BCUT2D eigenvalue weighted by atomic mass is 9.89. The molecule has 188 valence electrons. The molecule has 1 aliphatic rings. The Labute approximate surface area is 195 Å². The van der Waals surface area contributed by atoms with Crippen LogP contribution < -0.4 is 16.0 Å². The average molecular weight is 491 g/mol. The maximum atomic E-state index is 14.4. The first-order chi connectivity index (χ1) is 14.8. The number of nitrogens with two attached hydrogens (primary N) is 1. The minimum Gasteiger partial charge on any atom is -0.444 e. The van der Waals surface area contributed by atoms with Crippen LogP contribution in [0.5, 0.6) is 0 Å². The molecule has 2 rings (SSSR count). The zero-order chi connectivity index (χ0) is 25.4. The fraction of sp³-hybridized carbons (Fsp3) is 0.727. The van der Waals surface area contributed by atoms with Gasteiger partial charge < -0.3 is 25.1 Å². The van der Waals surface area contributed by atoms with E-state index in [0.717, 1.165) is 0 Å². The number of nitrogens with one attached hydrogen (secondary N) is 1. The van der Waals surface area contributed by atoms with Gasteiger partial charge in [0, 0.05) is 19.3 Å². The standard InChI is InChI=1S/C22H37F3N4O3Si/c1-20(2,3)31-19(30)28-16-13-29(17-9-10-27-11-15(17)26)12-14(22(23,24)25)18(16)32-33(7,8)21(4,5)6/h9-11,14,16,18H,12-13,26H2,1-8H3,(H,28,30)/t14-,16+,18+/m0/s1. The molecule has 0 aliphatic carbocycles. The summed E-state index contributed by atoms with van der Waals surface area (Å²) in [5.41, 5.74) is 5.90. The van der Waals surface area contributed by atoms with Crippen LogP contribution in [0.2, 0.25) is 18.1 Å². The van der Waals surface area contributed by atoms with Gasteiger partial charge in [0.25, 0.3) is 0 Å². The molecule has 0 spiro atoms. The Morgan fingerprint density at radius 3 is 2.27 bits per heavy atom. The van der Waals surface area contributed by atoms with Crippen LogP contribution in [-0.4, -0.2) is 56.4 Å². The summed E-state index contributed by atoms with van der Waals surface area (Å²) in [5, 5.41) is 2.35. The van der Waals surface area contributed by atoms with Gasteiger partial charge in [0.2, 0.25) is 0 Å². The SMILES string of the molecule is CC(C)(C)OC(=O)N[C@@H]1CN(c2ccncc2N)C[C@H](C(F)(F)F)[C@H]1O[Si](C)(C)C(C)(C)C. The predicted octanol–water partition coefficient (Wildman–Crippen LogP) is 4.95. The van der Waals surface area contributed by atoms with Gasteiger partial charge in [-0.05, 0) is 45.0 Å². The van der Waals surface area contributed by atoms with Crippen molar-refractivity contribution in [3.63, 3.8) is 0 Å². The number of alkyl halides is 3. The van der Waals surface area contributed by atoms with Crippen molar-refractivity contribution in [1.82, 2.24) is 10.3 Å². The number of amides is 1. The largest absolute Gasteiger partial charge is 0.444 e. The van der Waals surface area contributed by atoms with Gasteiger partial charge in [-0.2, -0.15) is 13.2 Å². The second-order valence-corrected chi connectivity index (χ2v) is 15.8. The van der Waals surface area contributed by atoms with Crippen molar-refractivity contribution in [1.29, 1.82) is 0 Å². The number of rotatable bonds is 4. The number of hydrogen-bond donors (Lipinski definition) is 2. The summed E-state index contributed by atoms with van der Waals surface area (Å²) in [6, 6.07) is 0.601. The highest BCUT2D eigenvalue weighted by atomic mass is 28.4. The van der Waals surface area contributed by atoms with Gasteiger partial charge in [-0.3, -0.25) is 4.98 Å². The highest BCUT2D eigenvalue weighted by Gasteiger charge is 2.55. The predicted molar refractivity (Wildman–Crippen MR) is 126 cm³/mol. The fourth-order valence-corrected chi connectivity index (χ4v) is 4.84. The van der Waals surface area contributed by atoms with Crippen LogP contribution in [0.25, 0.3) is 0 Å². The van der Waals surface area contributed by atoms with E-state index in [0.29, 0.717) is 5.69 Å². The van der Waals surface area contributed by atoms with Crippen molar-refractivity contribution in [2.75, 3.05) is 23.7 Å². The minimum absolute atomic E-state index is 0.0827. The van der Waals surface area contributed by atoms with E-state index in [1.165, 1.54) is 17.3 Å². The molecule has 0 radical (unpaired) electrons. The van der Waals surface area contributed by atoms with E-state index in [2.05, 4.69) is 10.3 Å². The molecule has 1 aliphatic heterocycles. The Kier molecular flexibility index (Phi) is 7.69. The van der Waals surface area contributed by atoms with E-state index >= 15 is 0 Å². The molecule has 33 heavy (non-hydrogen) atoms.